The highest BCUT2D eigenvalue weighted by atomic mass is 16.2. The zero-order chi connectivity index (χ0) is 15.4. The van der Waals surface area contributed by atoms with Crippen LogP contribution in [0.25, 0.3) is 5.82 Å². The largest absolute Gasteiger partial charge is 0.350 e. The summed E-state index contributed by atoms with van der Waals surface area (Å²) < 4.78 is 3.18. The van der Waals surface area contributed by atoms with Crippen LogP contribution in [0.15, 0.2) is 49.4 Å². The maximum absolute atomic E-state index is 12.2. The van der Waals surface area contributed by atoms with E-state index in [0.29, 0.717) is 12.4 Å². The second-order valence-corrected chi connectivity index (χ2v) is 4.71. The van der Waals surface area contributed by atoms with Crippen molar-refractivity contribution >= 4 is 5.91 Å². The molecule has 1 unspecified atom stereocenters. The Hall–Kier alpha value is -3.03. The molecule has 112 valence electrons. The van der Waals surface area contributed by atoms with Crippen LogP contribution in [0, 0.1) is 0 Å². The first kappa shape index (κ1) is 13.9. The van der Waals surface area contributed by atoms with Crippen LogP contribution in [-0.2, 0) is 11.3 Å². The Bertz CT molecular complexity index is 736. The van der Waals surface area contributed by atoms with Crippen LogP contribution >= 0.6 is 0 Å². The second kappa shape index (κ2) is 6.17. The Morgan fingerprint density at radius 3 is 2.95 bits per heavy atom. The number of carbonyl (C=O) groups is 1. The van der Waals surface area contributed by atoms with Gasteiger partial charge in [0.2, 0.25) is 5.91 Å². The average molecular weight is 297 g/mol. The summed E-state index contributed by atoms with van der Waals surface area (Å²) in [5.74, 6) is 0.557. The van der Waals surface area contributed by atoms with E-state index in [0.717, 1.165) is 5.56 Å². The summed E-state index contributed by atoms with van der Waals surface area (Å²) in [7, 11) is 0. The van der Waals surface area contributed by atoms with Crippen LogP contribution in [-0.4, -0.2) is 35.4 Å². The van der Waals surface area contributed by atoms with Crippen molar-refractivity contribution in [2.75, 3.05) is 0 Å². The lowest BCUT2D eigenvalue weighted by molar-refractivity contribution is -0.124. The molecular weight excluding hydrogens is 282 g/mol. The lowest BCUT2D eigenvalue weighted by Crippen LogP contribution is -2.31. The van der Waals surface area contributed by atoms with E-state index >= 15 is 0 Å². The number of aromatic nitrogens is 6. The molecule has 3 aromatic rings. The van der Waals surface area contributed by atoms with E-state index in [-0.39, 0.29) is 5.91 Å². The van der Waals surface area contributed by atoms with Gasteiger partial charge < -0.3 is 5.32 Å². The van der Waals surface area contributed by atoms with Gasteiger partial charge in [-0.15, -0.1) is 0 Å². The molecule has 0 saturated carbocycles. The Labute approximate surface area is 126 Å². The smallest absolute Gasteiger partial charge is 0.244 e. The van der Waals surface area contributed by atoms with E-state index < -0.39 is 6.04 Å². The number of carbonyl (C=O) groups excluding carboxylic acids is 1. The quantitative estimate of drug-likeness (QED) is 0.750. The first-order valence-corrected chi connectivity index (χ1v) is 6.81. The summed E-state index contributed by atoms with van der Waals surface area (Å²) in [5, 5.41) is 11.0. The molecule has 0 aliphatic carbocycles. The van der Waals surface area contributed by atoms with Crippen LogP contribution in [0.5, 0.6) is 0 Å². The molecule has 1 amide bonds. The number of hydrogen-bond donors (Lipinski definition) is 1. The van der Waals surface area contributed by atoms with Crippen molar-refractivity contribution in [1.29, 1.82) is 0 Å². The van der Waals surface area contributed by atoms with Crippen molar-refractivity contribution < 1.29 is 4.79 Å². The molecule has 3 aromatic heterocycles. The molecule has 0 aromatic carbocycles. The third kappa shape index (κ3) is 2.85. The topological polar surface area (TPSA) is 90.5 Å². The predicted octanol–water partition coefficient (Wildman–Crippen LogP) is 0.736. The molecule has 0 fully saturated rings. The minimum atomic E-state index is -0.424. The molecule has 22 heavy (non-hydrogen) atoms. The summed E-state index contributed by atoms with van der Waals surface area (Å²) in [6.45, 7) is 2.13. The second-order valence-electron chi connectivity index (χ2n) is 4.71. The van der Waals surface area contributed by atoms with E-state index in [1.54, 1.807) is 24.0 Å². The normalized spacial score (nSPS) is 12.0. The first-order chi connectivity index (χ1) is 10.8. The van der Waals surface area contributed by atoms with Crippen molar-refractivity contribution in [3.63, 3.8) is 0 Å². The minimum absolute atomic E-state index is 0.138. The van der Waals surface area contributed by atoms with Gasteiger partial charge >= 0.3 is 0 Å². The summed E-state index contributed by atoms with van der Waals surface area (Å²) >= 11 is 0. The molecule has 1 N–H and O–H groups in total. The molecule has 0 radical (unpaired) electrons. The lowest BCUT2D eigenvalue weighted by atomic mass is 10.2. The number of amides is 1. The molecule has 0 spiro atoms. The van der Waals surface area contributed by atoms with Crippen molar-refractivity contribution in [3.05, 3.63) is 55.0 Å². The fraction of sp³-hybridized carbons (Fsp3) is 0.214. The van der Waals surface area contributed by atoms with E-state index in [2.05, 4.69) is 25.5 Å². The molecule has 0 aliphatic rings. The number of nitrogens with zero attached hydrogens (tertiary/aromatic N) is 6. The zero-order valence-electron chi connectivity index (χ0n) is 12.0. The maximum atomic E-state index is 12.2. The van der Waals surface area contributed by atoms with Crippen LogP contribution in [0.4, 0.5) is 0 Å². The van der Waals surface area contributed by atoms with E-state index in [1.165, 1.54) is 17.3 Å². The van der Waals surface area contributed by atoms with Gasteiger partial charge in [0.05, 0.1) is 0 Å². The van der Waals surface area contributed by atoms with Gasteiger partial charge in [-0.3, -0.25) is 4.79 Å². The zero-order valence-corrected chi connectivity index (χ0v) is 12.0. The lowest BCUT2D eigenvalue weighted by Gasteiger charge is -2.13. The third-order valence-corrected chi connectivity index (χ3v) is 3.25. The Balaban J connectivity index is 1.71. The van der Waals surface area contributed by atoms with E-state index in [4.69, 9.17) is 0 Å². The van der Waals surface area contributed by atoms with E-state index in [9.17, 15) is 4.79 Å². The minimum Gasteiger partial charge on any atom is -0.350 e. The van der Waals surface area contributed by atoms with Crippen LogP contribution in [0.3, 0.4) is 0 Å². The number of nitrogens with one attached hydrogen (secondary N) is 1. The van der Waals surface area contributed by atoms with Crippen LogP contribution in [0.2, 0.25) is 0 Å². The fourth-order valence-corrected chi connectivity index (χ4v) is 2.04. The van der Waals surface area contributed by atoms with Crippen molar-refractivity contribution in [2.24, 2.45) is 0 Å². The Morgan fingerprint density at radius 2 is 2.23 bits per heavy atom. The Morgan fingerprint density at radius 1 is 1.32 bits per heavy atom. The molecule has 3 heterocycles. The number of hydrogen-bond acceptors (Lipinski definition) is 5. The maximum Gasteiger partial charge on any atom is 0.244 e. The SMILES string of the molecule is CC(C(=O)NCc1cccnc1-n1cccn1)n1cncn1. The van der Waals surface area contributed by atoms with Gasteiger partial charge in [0.1, 0.15) is 18.7 Å². The van der Waals surface area contributed by atoms with Crippen molar-refractivity contribution in [1.82, 2.24) is 34.8 Å². The van der Waals surface area contributed by atoms with Crippen molar-refractivity contribution in [3.8, 4) is 5.82 Å². The molecular formula is C14H15N7O. The molecule has 8 heteroatoms. The van der Waals surface area contributed by atoms with Gasteiger partial charge in [0, 0.05) is 30.7 Å². The van der Waals surface area contributed by atoms with Crippen LogP contribution in [0.1, 0.15) is 18.5 Å². The highest BCUT2D eigenvalue weighted by Crippen LogP contribution is 2.10. The molecule has 0 saturated heterocycles. The van der Waals surface area contributed by atoms with Gasteiger partial charge in [0.25, 0.3) is 0 Å². The fourth-order valence-electron chi connectivity index (χ4n) is 2.04. The number of rotatable bonds is 5. The monoisotopic (exact) mass is 297 g/mol. The van der Waals surface area contributed by atoms with Gasteiger partial charge in [-0.2, -0.15) is 10.2 Å². The van der Waals surface area contributed by atoms with Crippen LogP contribution < -0.4 is 5.32 Å². The summed E-state index contributed by atoms with van der Waals surface area (Å²) in [4.78, 5) is 20.3. The van der Waals surface area contributed by atoms with Crippen molar-refractivity contribution in [2.45, 2.75) is 19.5 Å². The summed E-state index contributed by atoms with van der Waals surface area (Å²) in [6.07, 6.45) is 8.11. The first-order valence-electron chi connectivity index (χ1n) is 6.81. The molecule has 1 atom stereocenters. The molecule has 0 aliphatic heterocycles. The Kier molecular flexibility index (Phi) is 3.90. The van der Waals surface area contributed by atoms with E-state index in [1.807, 2.05) is 24.4 Å². The summed E-state index contributed by atoms with van der Waals surface area (Å²) in [6, 6.07) is 5.14. The predicted molar refractivity (Wildman–Crippen MR) is 77.9 cm³/mol. The van der Waals surface area contributed by atoms with Gasteiger partial charge in [-0.1, -0.05) is 6.07 Å². The molecule has 3 rings (SSSR count). The highest BCUT2D eigenvalue weighted by molar-refractivity contribution is 5.79. The van der Waals surface area contributed by atoms with Gasteiger partial charge in [0.15, 0.2) is 5.82 Å². The average Bonchev–Trinajstić information content (AvgIpc) is 3.25. The highest BCUT2D eigenvalue weighted by Gasteiger charge is 2.16. The number of pyridine rings is 1. The summed E-state index contributed by atoms with van der Waals surface area (Å²) in [5.41, 5.74) is 0.880. The molecule has 8 nitrogen and oxygen atoms in total. The molecule has 0 bridgehead atoms. The standard InChI is InChI=1S/C14H15N7O/c1-11(21-10-15-9-19-21)14(22)17-8-12-4-2-5-16-13(12)20-7-3-6-18-20/h2-7,9-11H,8H2,1H3,(H,17,22). The van der Waals surface area contributed by atoms with Gasteiger partial charge in [-0.25, -0.2) is 19.3 Å². The van der Waals surface area contributed by atoms with Gasteiger partial charge in [-0.05, 0) is 19.1 Å². The third-order valence-electron chi connectivity index (χ3n) is 3.25.